The van der Waals surface area contributed by atoms with E-state index in [0.717, 1.165) is 0 Å². The summed E-state index contributed by atoms with van der Waals surface area (Å²) in [7, 11) is 4.87. The Morgan fingerprint density at radius 1 is 1.22 bits per heavy atom. The van der Waals surface area contributed by atoms with Gasteiger partial charge in [-0.1, -0.05) is 11.6 Å². The van der Waals surface area contributed by atoms with E-state index < -0.39 is 11.8 Å². The van der Waals surface area contributed by atoms with E-state index in [1.54, 1.807) is 31.1 Å². The van der Waals surface area contributed by atoms with Crippen molar-refractivity contribution in [2.24, 2.45) is 11.7 Å². The van der Waals surface area contributed by atoms with Crippen LogP contribution in [0.5, 0.6) is 5.75 Å². The summed E-state index contributed by atoms with van der Waals surface area (Å²) < 4.78 is 5.08. The smallest absolute Gasteiger partial charge is 0.313 e. The zero-order chi connectivity index (χ0) is 20.1. The number of methoxy groups -OCH3 is 1. The molecule has 1 fully saturated rings. The van der Waals surface area contributed by atoms with Crippen molar-refractivity contribution in [1.29, 1.82) is 0 Å². The quantitative estimate of drug-likeness (QED) is 0.656. The Hall–Kier alpha value is -2.32. The molecule has 1 aromatic rings. The Balaban J connectivity index is 1.91. The molecule has 0 aliphatic heterocycles. The lowest BCUT2D eigenvalue weighted by Crippen LogP contribution is -2.54. The number of hydrogen-bond donors (Lipinski definition) is 3. The number of amides is 3. The molecule has 0 heterocycles. The lowest BCUT2D eigenvalue weighted by Gasteiger charge is -2.34. The minimum atomic E-state index is -0.807. The minimum Gasteiger partial charge on any atom is -0.495 e. The fraction of sp³-hybridized carbons (Fsp3) is 0.500. The molecular weight excluding hydrogens is 372 g/mol. The Labute approximate surface area is 163 Å². The molecule has 9 heteroatoms. The van der Waals surface area contributed by atoms with Gasteiger partial charge in [0.1, 0.15) is 5.75 Å². The number of hydrogen-bond acceptors (Lipinski definition) is 5. The van der Waals surface area contributed by atoms with Crippen LogP contribution in [0.3, 0.4) is 0 Å². The lowest BCUT2D eigenvalue weighted by molar-refractivity contribution is -0.137. The van der Waals surface area contributed by atoms with Crippen LogP contribution in [-0.4, -0.2) is 55.9 Å². The third-order valence-corrected chi connectivity index (χ3v) is 4.93. The number of carbonyl (C=O) groups is 3. The van der Waals surface area contributed by atoms with Gasteiger partial charge in [0.05, 0.1) is 12.1 Å². The molecule has 1 aliphatic carbocycles. The van der Waals surface area contributed by atoms with Crippen molar-refractivity contribution in [3.63, 3.8) is 0 Å². The van der Waals surface area contributed by atoms with E-state index in [2.05, 4.69) is 10.6 Å². The van der Waals surface area contributed by atoms with Crippen LogP contribution in [0.1, 0.15) is 19.3 Å². The van der Waals surface area contributed by atoms with Crippen molar-refractivity contribution in [1.82, 2.24) is 10.2 Å². The van der Waals surface area contributed by atoms with Crippen LogP contribution >= 0.6 is 11.6 Å². The minimum absolute atomic E-state index is 0.0321. The first kappa shape index (κ1) is 21.0. The molecule has 0 spiro atoms. The first-order valence-corrected chi connectivity index (χ1v) is 9.02. The largest absolute Gasteiger partial charge is 0.495 e. The predicted molar refractivity (Wildman–Crippen MR) is 103 cm³/mol. The molecular formula is C18H25ClN4O4. The van der Waals surface area contributed by atoms with Crippen molar-refractivity contribution in [3.05, 3.63) is 23.2 Å². The Bertz CT molecular complexity index is 725. The molecule has 3 atom stereocenters. The average molecular weight is 397 g/mol. The zero-order valence-electron chi connectivity index (χ0n) is 15.6. The second-order valence-corrected chi connectivity index (χ2v) is 7.20. The fourth-order valence-corrected chi connectivity index (χ4v) is 3.33. The molecule has 1 aromatic carbocycles. The average Bonchev–Trinajstić information content (AvgIpc) is 2.63. The van der Waals surface area contributed by atoms with Gasteiger partial charge in [-0.25, -0.2) is 0 Å². The van der Waals surface area contributed by atoms with Crippen LogP contribution in [0, 0.1) is 5.92 Å². The predicted octanol–water partition coefficient (Wildman–Crippen LogP) is 0.988. The second kappa shape index (κ2) is 9.05. The van der Waals surface area contributed by atoms with Crippen molar-refractivity contribution in [3.8, 4) is 5.75 Å². The number of anilines is 1. The van der Waals surface area contributed by atoms with Crippen LogP contribution in [0.25, 0.3) is 0 Å². The molecule has 148 valence electrons. The Morgan fingerprint density at radius 3 is 2.52 bits per heavy atom. The fourth-order valence-electron chi connectivity index (χ4n) is 3.13. The van der Waals surface area contributed by atoms with Crippen LogP contribution in [0.4, 0.5) is 5.69 Å². The third-order valence-electron chi connectivity index (χ3n) is 4.62. The van der Waals surface area contributed by atoms with E-state index in [4.69, 9.17) is 22.1 Å². The van der Waals surface area contributed by atoms with Crippen LogP contribution in [0.2, 0.25) is 5.02 Å². The van der Waals surface area contributed by atoms with Gasteiger partial charge in [0, 0.05) is 43.9 Å². The van der Waals surface area contributed by atoms with E-state index >= 15 is 0 Å². The normalized spacial score (nSPS) is 21.9. The van der Waals surface area contributed by atoms with E-state index in [0.29, 0.717) is 35.7 Å². The summed E-state index contributed by atoms with van der Waals surface area (Å²) in [6, 6.07) is 3.92. The summed E-state index contributed by atoms with van der Waals surface area (Å²) in [5, 5.41) is 5.56. The molecule has 27 heavy (non-hydrogen) atoms. The van der Waals surface area contributed by atoms with E-state index in [-0.39, 0.29) is 23.9 Å². The highest BCUT2D eigenvalue weighted by atomic mass is 35.5. The van der Waals surface area contributed by atoms with Crippen molar-refractivity contribution < 1.29 is 19.1 Å². The monoisotopic (exact) mass is 396 g/mol. The van der Waals surface area contributed by atoms with Crippen LogP contribution in [0.15, 0.2) is 18.2 Å². The lowest BCUT2D eigenvalue weighted by atomic mass is 9.82. The molecule has 2 rings (SSSR count). The van der Waals surface area contributed by atoms with Gasteiger partial charge < -0.3 is 26.0 Å². The summed E-state index contributed by atoms with van der Waals surface area (Å²) in [6.45, 7) is 0. The molecule has 8 nitrogen and oxygen atoms in total. The molecule has 0 bridgehead atoms. The number of nitrogens with one attached hydrogen (secondary N) is 2. The van der Waals surface area contributed by atoms with Gasteiger partial charge in [0.2, 0.25) is 5.91 Å². The number of halogens is 1. The Morgan fingerprint density at radius 2 is 1.93 bits per heavy atom. The van der Waals surface area contributed by atoms with Crippen molar-refractivity contribution in [2.75, 3.05) is 26.5 Å². The van der Waals surface area contributed by atoms with Gasteiger partial charge in [-0.2, -0.15) is 0 Å². The second-order valence-electron chi connectivity index (χ2n) is 6.79. The first-order chi connectivity index (χ1) is 12.7. The summed E-state index contributed by atoms with van der Waals surface area (Å²) in [5.74, 6) is -1.32. The number of nitrogens with two attached hydrogens (primary N) is 1. The molecule has 0 radical (unpaired) electrons. The zero-order valence-corrected chi connectivity index (χ0v) is 16.4. The summed E-state index contributed by atoms with van der Waals surface area (Å²) in [4.78, 5) is 37.9. The summed E-state index contributed by atoms with van der Waals surface area (Å²) >= 11 is 5.94. The van der Waals surface area contributed by atoms with E-state index in [9.17, 15) is 14.4 Å². The van der Waals surface area contributed by atoms with Crippen molar-refractivity contribution >= 4 is 35.0 Å². The van der Waals surface area contributed by atoms with Gasteiger partial charge >= 0.3 is 11.8 Å². The highest BCUT2D eigenvalue weighted by Gasteiger charge is 2.34. The van der Waals surface area contributed by atoms with Crippen molar-refractivity contribution in [2.45, 2.75) is 31.3 Å². The first-order valence-electron chi connectivity index (χ1n) is 8.65. The van der Waals surface area contributed by atoms with Crippen LogP contribution in [-0.2, 0) is 14.4 Å². The number of benzene rings is 1. The molecule has 3 amide bonds. The molecule has 4 N–H and O–H groups in total. The number of rotatable bonds is 4. The topological polar surface area (TPSA) is 114 Å². The summed E-state index contributed by atoms with van der Waals surface area (Å²) in [6.07, 6.45) is 1.63. The number of carbonyl (C=O) groups excluding carboxylic acids is 3. The maximum Gasteiger partial charge on any atom is 0.313 e. The van der Waals surface area contributed by atoms with Gasteiger partial charge in [0.15, 0.2) is 0 Å². The third kappa shape index (κ3) is 5.33. The molecule has 0 unspecified atom stereocenters. The molecule has 0 aromatic heterocycles. The number of ether oxygens (including phenoxy) is 1. The molecule has 0 saturated heterocycles. The highest BCUT2D eigenvalue weighted by Crippen LogP contribution is 2.27. The maximum absolute atomic E-state index is 12.2. The van der Waals surface area contributed by atoms with Crippen LogP contribution < -0.4 is 21.1 Å². The van der Waals surface area contributed by atoms with Gasteiger partial charge in [-0.05, 0) is 31.4 Å². The van der Waals surface area contributed by atoms with Gasteiger partial charge in [0.25, 0.3) is 0 Å². The molecule has 1 saturated carbocycles. The molecule has 1 aliphatic rings. The van der Waals surface area contributed by atoms with Gasteiger partial charge in [-0.15, -0.1) is 0 Å². The SMILES string of the molecule is COc1cc(NC(=O)C(=O)N[C@H]2CC[C@H](C(=O)N(C)C)C[C@H]2N)ccc1Cl. The van der Waals surface area contributed by atoms with E-state index in [1.807, 2.05) is 0 Å². The maximum atomic E-state index is 12.2. The van der Waals surface area contributed by atoms with Gasteiger partial charge in [-0.3, -0.25) is 14.4 Å². The van der Waals surface area contributed by atoms with E-state index in [1.165, 1.54) is 13.2 Å². The standard InChI is InChI=1S/C18H25ClN4O4/c1-23(2)18(26)10-4-7-14(13(20)8-10)22-17(25)16(24)21-11-5-6-12(19)15(9-11)27-3/h5-6,9-10,13-14H,4,7-8,20H2,1-3H3,(H,21,24)(H,22,25)/t10-,13+,14-/m0/s1. The Kier molecular flexibility index (Phi) is 7.04. The summed E-state index contributed by atoms with van der Waals surface area (Å²) in [5.41, 5.74) is 6.50. The number of nitrogens with zero attached hydrogens (tertiary/aromatic N) is 1. The highest BCUT2D eigenvalue weighted by molar-refractivity contribution is 6.39.